The van der Waals surface area contributed by atoms with Gasteiger partial charge < -0.3 is 15.8 Å². The Morgan fingerprint density at radius 2 is 2.24 bits per heavy atom. The average Bonchev–Trinajstić information content (AvgIpc) is 2.52. The van der Waals surface area contributed by atoms with Gasteiger partial charge in [0.25, 0.3) is 5.91 Å². The molecule has 0 radical (unpaired) electrons. The average molecular weight is 240 g/mol. The summed E-state index contributed by atoms with van der Waals surface area (Å²) in [6.07, 6.45) is 0. The van der Waals surface area contributed by atoms with E-state index in [9.17, 15) is 4.79 Å². The molecule has 0 saturated heterocycles. The molecular weight excluding hydrogens is 220 g/mol. The number of amides is 1. The molecule has 0 aliphatic heterocycles. The van der Waals surface area contributed by atoms with E-state index in [2.05, 4.69) is 10.4 Å². The number of hydrogen-bond acceptors (Lipinski definition) is 4. The number of aryl methyl sites for hydroxylation is 2. The number of aromatic nitrogens is 2. The van der Waals surface area contributed by atoms with Crippen LogP contribution in [0.15, 0.2) is 0 Å². The predicted octanol–water partition coefficient (Wildman–Crippen LogP) is -0.260. The summed E-state index contributed by atoms with van der Waals surface area (Å²) in [4.78, 5) is 12.1. The Balaban J connectivity index is 2.82. The van der Waals surface area contributed by atoms with Crippen molar-refractivity contribution in [1.82, 2.24) is 15.1 Å². The number of ether oxygens (including phenoxy) is 1. The summed E-state index contributed by atoms with van der Waals surface area (Å²) < 4.78 is 6.67. The van der Waals surface area contributed by atoms with Crippen LogP contribution >= 0.6 is 0 Å². The molecular formula is C11H20N4O2. The standard InChI is InChI=1S/C11H20N4O2/c1-7-10(8(2)15(3)14-7)11(16)13-9(5-12)6-17-4/h9H,5-6,12H2,1-4H3,(H,13,16). The fourth-order valence-corrected chi connectivity index (χ4v) is 1.73. The van der Waals surface area contributed by atoms with Crippen LogP contribution in [0, 0.1) is 13.8 Å². The second-order valence-corrected chi connectivity index (χ2v) is 4.03. The molecule has 6 heteroatoms. The van der Waals surface area contributed by atoms with Gasteiger partial charge in [-0.05, 0) is 13.8 Å². The minimum absolute atomic E-state index is 0.152. The summed E-state index contributed by atoms with van der Waals surface area (Å²) >= 11 is 0. The van der Waals surface area contributed by atoms with Crippen LogP contribution in [-0.4, -0.2) is 42.0 Å². The van der Waals surface area contributed by atoms with Crippen molar-refractivity contribution in [2.75, 3.05) is 20.3 Å². The highest BCUT2D eigenvalue weighted by molar-refractivity contribution is 5.96. The zero-order valence-electron chi connectivity index (χ0n) is 10.8. The topological polar surface area (TPSA) is 82.2 Å². The molecule has 0 aliphatic rings. The summed E-state index contributed by atoms with van der Waals surface area (Å²) in [5.74, 6) is -0.152. The Morgan fingerprint density at radius 1 is 1.59 bits per heavy atom. The van der Waals surface area contributed by atoms with E-state index in [0.29, 0.717) is 18.7 Å². The zero-order chi connectivity index (χ0) is 13.0. The van der Waals surface area contributed by atoms with Crippen LogP contribution in [0.5, 0.6) is 0 Å². The van der Waals surface area contributed by atoms with Crippen molar-refractivity contribution in [1.29, 1.82) is 0 Å². The van der Waals surface area contributed by atoms with E-state index < -0.39 is 0 Å². The van der Waals surface area contributed by atoms with Gasteiger partial charge in [-0.1, -0.05) is 0 Å². The molecule has 1 aromatic heterocycles. The minimum Gasteiger partial charge on any atom is -0.383 e. The Kier molecular flexibility index (Phi) is 4.65. The van der Waals surface area contributed by atoms with Crippen LogP contribution in [0.3, 0.4) is 0 Å². The normalized spacial score (nSPS) is 12.5. The lowest BCUT2D eigenvalue weighted by molar-refractivity contribution is 0.0899. The molecule has 0 spiro atoms. The molecule has 0 bridgehead atoms. The molecule has 1 aromatic rings. The minimum atomic E-state index is -0.175. The van der Waals surface area contributed by atoms with Gasteiger partial charge in [0.2, 0.25) is 0 Å². The monoisotopic (exact) mass is 240 g/mol. The van der Waals surface area contributed by atoms with Crippen LogP contribution in [0.1, 0.15) is 21.7 Å². The number of carbonyl (C=O) groups is 1. The van der Waals surface area contributed by atoms with E-state index in [1.54, 1.807) is 11.8 Å². The van der Waals surface area contributed by atoms with E-state index in [1.165, 1.54) is 0 Å². The highest BCUT2D eigenvalue weighted by Gasteiger charge is 2.19. The van der Waals surface area contributed by atoms with E-state index >= 15 is 0 Å². The Labute approximate surface area is 101 Å². The van der Waals surface area contributed by atoms with Gasteiger partial charge in [-0.3, -0.25) is 9.48 Å². The quantitative estimate of drug-likeness (QED) is 0.743. The van der Waals surface area contributed by atoms with Crippen molar-refractivity contribution < 1.29 is 9.53 Å². The van der Waals surface area contributed by atoms with Crippen LogP contribution in [-0.2, 0) is 11.8 Å². The molecule has 6 nitrogen and oxygen atoms in total. The van der Waals surface area contributed by atoms with Gasteiger partial charge in [0, 0.05) is 26.4 Å². The number of nitrogens with two attached hydrogens (primary N) is 1. The lowest BCUT2D eigenvalue weighted by Gasteiger charge is -2.15. The Morgan fingerprint density at radius 3 is 2.65 bits per heavy atom. The fraction of sp³-hybridized carbons (Fsp3) is 0.636. The first-order valence-corrected chi connectivity index (χ1v) is 5.51. The van der Waals surface area contributed by atoms with Crippen LogP contribution in [0.2, 0.25) is 0 Å². The molecule has 0 saturated carbocycles. The third kappa shape index (κ3) is 3.04. The van der Waals surface area contributed by atoms with Crippen LogP contribution in [0.4, 0.5) is 0 Å². The summed E-state index contributed by atoms with van der Waals surface area (Å²) in [5, 5.41) is 7.04. The van der Waals surface area contributed by atoms with E-state index in [0.717, 1.165) is 11.4 Å². The van der Waals surface area contributed by atoms with Crippen molar-refractivity contribution in [3.8, 4) is 0 Å². The summed E-state index contributed by atoms with van der Waals surface area (Å²) in [5.41, 5.74) is 7.72. The highest BCUT2D eigenvalue weighted by Crippen LogP contribution is 2.11. The van der Waals surface area contributed by atoms with Gasteiger partial charge in [-0.15, -0.1) is 0 Å². The van der Waals surface area contributed by atoms with Gasteiger partial charge in [0.15, 0.2) is 0 Å². The summed E-state index contributed by atoms with van der Waals surface area (Å²) in [6, 6.07) is -0.175. The Hall–Kier alpha value is -1.40. The maximum absolute atomic E-state index is 12.1. The van der Waals surface area contributed by atoms with E-state index in [1.807, 2.05) is 20.9 Å². The molecule has 0 aromatic carbocycles. The van der Waals surface area contributed by atoms with Gasteiger partial charge in [-0.25, -0.2) is 0 Å². The lowest BCUT2D eigenvalue weighted by atomic mass is 10.1. The number of nitrogens with zero attached hydrogens (tertiary/aromatic N) is 2. The van der Waals surface area contributed by atoms with Crippen LogP contribution < -0.4 is 11.1 Å². The highest BCUT2D eigenvalue weighted by atomic mass is 16.5. The van der Waals surface area contributed by atoms with Crippen molar-refractivity contribution in [3.63, 3.8) is 0 Å². The van der Waals surface area contributed by atoms with Gasteiger partial charge in [0.1, 0.15) is 0 Å². The van der Waals surface area contributed by atoms with E-state index in [-0.39, 0.29) is 11.9 Å². The number of nitrogens with one attached hydrogen (secondary N) is 1. The maximum Gasteiger partial charge on any atom is 0.255 e. The largest absolute Gasteiger partial charge is 0.383 e. The Bertz CT molecular complexity index is 400. The molecule has 17 heavy (non-hydrogen) atoms. The molecule has 1 atom stereocenters. The SMILES string of the molecule is COCC(CN)NC(=O)c1c(C)nn(C)c1C. The van der Waals surface area contributed by atoms with Crippen LogP contribution in [0.25, 0.3) is 0 Å². The first kappa shape index (κ1) is 13.7. The number of hydrogen-bond donors (Lipinski definition) is 2. The summed E-state index contributed by atoms with van der Waals surface area (Å²) in [6.45, 7) is 4.43. The molecule has 1 unspecified atom stereocenters. The first-order valence-electron chi connectivity index (χ1n) is 5.51. The maximum atomic E-state index is 12.1. The van der Waals surface area contributed by atoms with E-state index in [4.69, 9.17) is 10.5 Å². The van der Waals surface area contributed by atoms with Crippen molar-refractivity contribution in [2.45, 2.75) is 19.9 Å². The third-order valence-electron chi connectivity index (χ3n) is 2.72. The fourth-order valence-electron chi connectivity index (χ4n) is 1.73. The lowest BCUT2D eigenvalue weighted by Crippen LogP contribution is -2.43. The molecule has 1 amide bonds. The van der Waals surface area contributed by atoms with Gasteiger partial charge in [-0.2, -0.15) is 5.10 Å². The van der Waals surface area contributed by atoms with Crippen molar-refractivity contribution in [2.24, 2.45) is 12.8 Å². The zero-order valence-corrected chi connectivity index (χ0v) is 10.8. The molecule has 0 fully saturated rings. The number of methoxy groups -OCH3 is 1. The second kappa shape index (κ2) is 5.79. The third-order valence-corrected chi connectivity index (χ3v) is 2.72. The first-order chi connectivity index (χ1) is 8.01. The smallest absolute Gasteiger partial charge is 0.255 e. The number of rotatable bonds is 5. The molecule has 1 heterocycles. The van der Waals surface area contributed by atoms with Crippen molar-refractivity contribution >= 4 is 5.91 Å². The molecule has 1 rings (SSSR count). The van der Waals surface area contributed by atoms with Gasteiger partial charge in [0.05, 0.1) is 23.9 Å². The van der Waals surface area contributed by atoms with Crippen molar-refractivity contribution in [3.05, 3.63) is 17.0 Å². The molecule has 3 N–H and O–H groups in total. The molecule has 96 valence electrons. The second-order valence-electron chi connectivity index (χ2n) is 4.03. The predicted molar refractivity (Wildman–Crippen MR) is 64.9 cm³/mol. The number of carbonyl (C=O) groups excluding carboxylic acids is 1. The summed E-state index contributed by atoms with van der Waals surface area (Å²) in [7, 11) is 3.39. The van der Waals surface area contributed by atoms with Gasteiger partial charge >= 0.3 is 0 Å². The molecule has 0 aliphatic carbocycles.